The minimum absolute atomic E-state index is 0. The maximum Gasteiger partial charge on any atom is 0.227 e. The SMILES string of the molecule is C[C@H]1C[C@@H](C(=O)Nc2ccc(CCN3CCOCC3)cc2)CCN1.Cl. The largest absolute Gasteiger partial charge is 0.379 e. The molecule has 3 rings (SSSR count). The van der Waals surface area contributed by atoms with E-state index in [0.29, 0.717) is 6.04 Å². The number of morpholine rings is 1. The van der Waals surface area contributed by atoms with Crippen LogP contribution in [-0.4, -0.2) is 56.2 Å². The Balaban J connectivity index is 0.00000225. The molecule has 25 heavy (non-hydrogen) atoms. The van der Waals surface area contributed by atoms with E-state index in [0.717, 1.165) is 64.3 Å². The Hall–Kier alpha value is -1.14. The molecular formula is C19H30ClN3O2. The van der Waals surface area contributed by atoms with Crippen molar-refractivity contribution in [1.82, 2.24) is 10.2 Å². The van der Waals surface area contributed by atoms with E-state index in [1.807, 2.05) is 12.1 Å². The number of amides is 1. The van der Waals surface area contributed by atoms with Crippen molar-refractivity contribution in [3.05, 3.63) is 29.8 Å². The first-order valence-electron chi connectivity index (χ1n) is 9.14. The van der Waals surface area contributed by atoms with Gasteiger partial charge in [0.1, 0.15) is 0 Å². The van der Waals surface area contributed by atoms with Gasteiger partial charge in [0.15, 0.2) is 0 Å². The predicted octanol–water partition coefficient (Wildman–Crippen LogP) is 2.31. The van der Waals surface area contributed by atoms with Gasteiger partial charge in [-0.25, -0.2) is 0 Å². The number of carbonyl (C=O) groups is 1. The van der Waals surface area contributed by atoms with Gasteiger partial charge in [-0.3, -0.25) is 9.69 Å². The highest BCUT2D eigenvalue weighted by Crippen LogP contribution is 2.19. The zero-order valence-corrected chi connectivity index (χ0v) is 15.8. The van der Waals surface area contributed by atoms with Crippen LogP contribution in [-0.2, 0) is 16.0 Å². The normalized spacial score (nSPS) is 24.4. The first-order chi connectivity index (χ1) is 11.7. The molecule has 2 fully saturated rings. The molecule has 0 aromatic heterocycles. The van der Waals surface area contributed by atoms with Crippen molar-refractivity contribution >= 4 is 24.0 Å². The molecule has 2 heterocycles. The van der Waals surface area contributed by atoms with Crippen molar-refractivity contribution in [3.63, 3.8) is 0 Å². The summed E-state index contributed by atoms with van der Waals surface area (Å²) in [5.74, 6) is 0.284. The average molecular weight is 368 g/mol. The number of hydrogen-bond donors (Lipinski definition) is 2. The number of carbonyl (C=O) groups excluding carboxylic acids is 1. The van der Waals surface area contributed by atoms with E-state index in [1.54, 1.807) is 0 Å². The topological polar surface area (TPSA) is 53.6 Å². The predicted molar refractivity (Wildman–Crippen MR) is 103 cm³/mol. The van der Waals surface area contributed by atoms with E-state index in [9.17, 15) is 4.79 Å². The number of nitrogens with one attached hydrogen (secondary N) is 2. The molecule has 0 aliphatic carbocycles. The summed E-state index contributed by atoms with van der Waals surface area (Å²) in [7, 11) is 0. The van der Waals surface area contributed by atoms with Gasteiger partial charge in [-0.15, -0.1) is 12.4 Å². The quantitative estimate of drug-likeness (QED) is 0.838. The average Bonchev–Trinajstić information content (AvgIpc) is 2.62. The summed E-state index contributed by atoms with van der Waals surface area (Å²) in [5.41, 5.74) is 2.22. The lowest BCUT2D eigenvalue weighted by atomic mass is 9.92. The summed E-state index contributed by atoms with van der Waals surface area (Å²) < 4.78 is 5.38. The van der Waals surface area contributed by atoms with Gasteiger partial charge in [0, 0.05) is 37.3 Å². The Labute approximate surface area is 156 Å². The van der Waals surface area contributed by atoms with Gasteiger partial charge in [-0.1, -0.05) is 12.1 Å². The Kier molecular flexibility index (Phi) is 8.16. The molecule has 0 spiro atoms. The molecule has 1 aromatic carbocycles. The molecule has 1 amide bonds. The number of hydrogen-bond acceptors (Lipinski definition) is 4. The fraction of sp³-hybridized carbons (Fsp3) is 0.632. The summed E-state index contributed by atoms with van der Waals surface area (Å²) >= 11 is 0. The van der Waals surface area contributed by atoms with E-state index in [-0.39, 0.29) is 24.2 Å². The maximum absolute atomic E-state index is 12.4. The standard InChI is InChI=1S/C19H29N3O2.ClH/c1-15-14-17(6-8-20-15)19(23)21-18-4-2-16(3-5-18)7-9-22-10-12-24-13-11-22;/h2-5,15,17,20H,6-14H2,1H3,(H,21,23);1H/t15-,17-;/m0./s1. The van der Waals surface area contributed by atoms with Crippen molar-refractivity contribution < 1.29 is 9.53 Å². The van der Waals surface area contributed by atoms with Crippen molar-refractivity contribution in [3.8, 4) is 0 Å². The van der Waals surface area contributed by atoms with Crippen LogP contribution in [0.1, 0.15) is 25.3 Å². The highest BCUT2D eigenvalue weighted by molar-refractivity contribution is 5.92. The minimum Gasteiger partial charge on any atom is -0.379 e. The first kappa shape index (κ1) is 20.2. The fourth-order valence-electron chi connectivity index (χ4n) is 3.48. The van der Waals surface area contributed by atoms with Gasteiger partial charge >= 0.3 is 0 Å². The van der Waals surface area contributed by atoms with Gasteiger partial charge in [-0.05, 0) is 50.4 Å². The molecule has 1 aromatic rings. The number of piperidine rings is 1. The number of anilines is 1. The Morgan fingerprint density at radius 2 is 2.00 bits per heavy atom. The van der Waals surface area contributed by atoms with E-state index in [1.165, 1.54) is 5.56 Å². The van der Waals surface area contributed by atoms with Gasteiger partial charge in [-0.2, -0.15) is 0 Å². The maximum atomic E-state index is 12.4. The van der Waals surface area contributed by atoms with Crippen molar-refractivity contribution in [2.24, 2.45) is 5.92 Å². The molecule has 2 atom stereocenters. The van der Waals surface area contributed by atoms with Gasteiger partial charge in [0.25, 0.3) is 0 Å². The van der Waals surface area contributed by atoms with Crippen LogP contribution in [0.25, 0.3) is 0 Å². The monoisotopic (exact) mass is 367 g/mol. The molecule has 6 heteroatoms. The third-order valence-corrected chi connectivity index (χ3v) is 5.04. The lowest BCUT2D eigenvalue weighted by Crippen LogP contribution is -2.40. The number of nitrogens with zero attached hydrogens (tertiary/aromatic N) is 1. The van der Waals surface area contributed by atoms with Crippen LogP contribution in [0, 0.1) is 5.92 Å². The van der Waals surface area contributed by atoms with Gasteiger partial charge in [0.05, 0.1) is 13.2 Å². The van der Waals surface area contributed by atoms with Crippen LogP contribution < -0.4 is 10.6 Å². The van der Waals surface area contributed by atoms with Crippen LogP contribution in [0.3, 0.4) is 0 Å². The molecule has 0 radical (unpaired) electrons. The lowest BCUT2D eigenvalue weighted by molar-refractivity contribution is -0.120. The number of benzene rings is 1. The molecule has 2 saturated heterocycles. The minimum atomic E-state index is 0. The molecular weight excluding hydrogens is 338 g/mol. The van der Waals surface area contributed by atoms with Gasteiger partial charge in [0.2, 0.25) is 5.91 Å². The van der Waals surface area contributed by atoms with Crippen LogP contribution in [0.5, 0.6) is 0 Å². The smallest absolute Gasteiger partial charge is 0.227 e. The van der Waals surface area contributed by atoms with Gasteiger partial charge < -0.3 is 15.4 Å². The molecule has 0 saturated carbocycles. The van der Waals surface area contributed by atoms with E-state index >= 15 is 0 Å². The Bertz CT molecular complexity index is 532. The second-order valence-electron chi connectivity index (χ2n) is 6.97. The molecule has 2 aliphatic heterocycles. The third kappa shape index (κ3) is 6.26. The van der Waals surface area contributed by atoms with Crippen molar-refractivity contribution in [1.29, 1.82) is 0 Å². The second-order valence-corrected chi connectivity index (χ2v) is 6.97. The summed E-state index contributed by atoms with van der Waals surface area (Å²) in [6, 6.07) is 8.73. The summed E-state index contributed by atoms with van der Waals surface area (Å²) in [6.07, 6.45) is 2.89. The van der Waals surface area contributed by atoms with E-state index < -0.39 is 0 Å². The number of halogens is 1. The summed E-state index contributed by atoms with van der Waals surface area (Å²) in [5, 5.41) is 6.46. The molecule has 0 bridgehead atoms. The Morgan fingerprint density at radius 3 is 2.68 bits per heavy atom. The van der Waals surface area contributed by atoms with Crippen LogP contribution in [0.15, 0.2) is 24.3 Å². The van der Waals surface area contributed by atoms with E-state index in [2.05, 4.69) is 34.6 Å². The zero-order valence-electron chi connectivity index (χ0n) is 15.0. The Morgan fingerprint density at radius 1 is 1.28 bits per heavy atom. The van der Waals surface area contributed by atoms with Crippen LogP contribution in [0.4, 0.5) is 5.69 Å². The second kappa shape index (κ2) is 10.1. The van der Waals surface area contributed by atoms with Crippen molar-refractivity contribution in [2.75, 3.05) is 44.7 Å². The highest BCUT2D eigenvalue weighted by Gasteiger charge is 2.24. The highest BCUT2D eigenvalue weighted by atomic mass is 35.5. The first-order valence-corrected chi connectivity index (χ1v) is 9.14. The number of rotatable bonds is 5. The van der Waals surface area contributed by atoms with Crippen molar-refractivity contribution in [2.45, 2.75) is 32.2 Å². The summed E-state index contributed by atoms with van der Waals surface area (Å²) in [4.78, 5) is 14.8. The molecule has 2 N–H and O–H groups in total. The lowest BCUT2D eigenvalue weighted by Gasteiger charge is -2.27. The fourth-order valence-corrected chi connectivity index (χ4v) is 3.48. The molecule has 2 aliphatic rings. The van der Waals surface area contributed by atoms with Crippen LogP contribution >= 0.6 is 12.4 Å². The molecule has 140 valence electrons. The molecule has 0 unspecified atom stereocenters. The van der Waals surface area contributed by atoms with E-state index in [4.69, 9.17) is 4.74 Å². The number of ether oxygens (including phenoxy) is 1. The summed E-state index contributed by atoms with van der Waals surface area (Å²) in [6.45, 7) is 7.90. The molecule has 5 nitrogen and oxygen atoms in total. The third-order valence-electron chi connectivity index (χ3n) is 5.04. The zero-order chi connectivity index (χ0) is 16.8. The van der Waals surface area contributed by atoms with Crippen LogP contribution in [0.2, 0.25) is 0 Å².